The number of carbonyl (C=O) groups is 1. The van der Waals surface area contributed by atoms with E-state index in [2.05, 4.69) is 22.0 Å². The molecule has 0 saturated carbocycles. The van der Waals surface area contributed by atoms with Crippen LogP contribution in [0.4, 0.5) is 0 Å². The van der Waals surface area contributed by atoms with Gasteiger partial charge in [-0.2, -0.15) is 0 Å². The van der Waals surface area contributed by atoms with E-state index < -0.39 is 0 Å². The number of esters is 1. The highest BCUT2D eigenvalue weighted by molar-refractivity contribution is 5.80. The Morgan fingerprint density at radius 3 is 2.83 bits per heavy atom. The summed E-state index contributed by atoms with van der Waals surface area (Å²) in [6.45, 7) is 4.26. The monoisotopic (exact) mass is 246 g/mol. The van der Waals surface area contributed by atoms with Crippen LogP contribution in [0.5, 0.6) is 0 Å². The zero-order valence-electron chi connectivity index (χ0n) is 10.6. The number of likely N-dealkylation sites (tertiary alicyclic amines) is 1. The fraction of sp³-hybridized carbons (Fsp3) is 0.571. The largest absolute Gasteiger partial charge is 0.466 e. The molecule has 1 atom stereocenters. The Balaban J connectivity index is 1.55. The van der Waals surface area contributed by atoms with Gasteiger partial charge < -0.3 is 4.74 Å². The predicted octanol–water partition coefficient (Wildman–Crippen LogP) is 1.54. The van der Waals surface area contributed by atoms with Gasteiger partial charge in [0.15, 0.2) is 0 Å². The Kier molecular flexibility index (Phi) is 3.04. The quantitative estimate of drug-likeness (QED) is 0.709. The van der Waals surface area contributed by atoms with Gasteiger partial charge in [0.2, 0.25) is 0 Å². The molecule has 0 aromatic rings. The highest BCUT2D eigenvalue weighted by Gasteiger charge is 2.37. The topological polar surface area (TPSA) is 41.9 Å². The summed E-state index contributed by atoms with van der Waals surface area (Å²) in [5, 5.41) is 0. The Hall–Kier alpha value is -1.42. The fourth-order valence-corrected chi connectivity index (χ4v) is 2.91. The minimum Gasteiger partial charge on any atom is -0.466 e. The second kappa shape index (κ2) is 4.69. The van der Waals surface area contributed by atoms with E-state index in [0.29, 0.717) is 12.6 Å². The van der Waals surface area contributed by atoms with Crippen molar-refractivity contribution in [2.75, 3.05) is 19.7 Å². The zero-order valence-corrected chi connectivity index (χ0v) is 10.6. The number of hydrogen-bond donors (Lipinski definition) is 0. The standard InChI is InChI=1S/C14H18N2O2/c1-2-18-14(17)10-4-7-16(8-5-10)13-11-3-6-15-12(13)9-11/h3,6,9-10,13H,2,4-5,7-8H2,1H3. The molecule has 96 valence electrons. The van der Waals surface area contributed by atoms with Gasteiger partial charge >= 0.3 is 5.97 Å². The summed E-state index contributed by atoms with van der Waals surface area (Å²) in [6.07, 6.45) is 7.89. The van der Waals surface area contributed by atoms with Crippen LogP contribution >= 0.6 is 0 Å². The number of nitrogens with zero attached hydrogens (tertiary/aromatic N) is 2. The lowest BCUT2D eigenvalue weighted by molar-refractivity contribution is -0.149. The molecule has 4 heteroatoms. The molecule has 1 fully saturated rings. The fourth-order valence-electron chi connectivity index (χ4n) is 2.91. The molecular weight excluding hydrogens is 228 g/mol. The van der Waals surface area contributed by atoms with Crippen molar-refractivity contribution in [1.82, 2.24) is 4.90 Å². The highest BCUT2D eigenvalue weighted by atomic mass is 16.5. The van der Waals surface area contributed by atoms with Crippen molar-refractivity contribution in [2.45, 2.75) is 25.8 Å². The number of ether oxygens (including phenoxy) is 1. The minimum atomic E-state index is -0.0256. The summed E-state index contributed by atoms with van der Waals surface area (Å²) in [7, 11) is 0. The summed E-state index contributed by atoms with van der Waals surface area (Å²) in [5.74, 6) is 0.0648. The molecule has 0 spiro atoms. The average molecular weight is 246 g/mol. The number of rotatable bonds is 3. The van der Waals surface area contributed by atoms with Gasteiger partial charge in [0.25, 0.3) is 0 Å². The molecule has 0 N–H and O–H groups in total. The third-order valence-corrected chi connectivity index (χ3v) is 3.92. The van der Waals surface area contributed by atoms with E-state index in [1.54, 1.807) is 0 Å². The van der Waals surface area contributed by atoms with Crippen LogP contribution in [0.3, 0.4) is 0 Å². The van der Waals surface area contributed by atoms with Gasteiger partial charge in [-0.05, 0) is 50.6 Å². The van der Waals surface area contributed by atoms with Crippen molar-refractivity contribution in [1.29, 1.82) is 0 Å². The van der Waals surface area contributed by atoms with Crippen LogP contribution in [0.1, 0.15) is 19.8 Å². The van der Waals surface area contributed by atoms with Crippen LogP contribution < -0.4 is 0 Å². The summed E-state index contributed by atoms with van der Waals surface area (Å²) in [4.78, 5) is 18.5. The normalized spacial score (nSPS) is 27.3. The molecule has 0 aromatic heterocycles. The molecule has 2 heterocycles. The van der Waals surface area contributed by atoms with Crippen molar-refractivity contribution in [2.24, 2.45) is 10.9 Å². The number of dihydropyridines is 1. The van der Waals surface area contributed by atoms with Crippen molar-refractivity contribution in [3.63, 3.8) is 0 Å². The van der Waals surface area contributed by atoms with Gasteiger partial charge in [-0.3, -0.25) is 14.7 Å². The van der Waals surface area contributed by atoms with Gasteiger partial charge in [0.05, 0.1) is 24.3 Å². The summed E-state index contributed by atoms with van der Waals surface area (Å²) >= 11 is 0. The maximum atomic E-state index is 11.7. The second-order valence-electron chi connectivity index (χ2n) is 4.98. The Morgan fingerprint density at radius 1 is 1.50 bits per heavy atom. The summed E-state index contributed by atoms with van der Waals surface area (Å²) in [5.41, 5.74) is 2.52. The lowest BCUT2D eigenvalue weighted by atomic mass is 9.85. The smallest absolute Gasteiger partial charge is 0.309 e. The minimum absolute atomic E-state index is 0.0256. The van der Waals surface area contributed by atoms with Crippen molar-refractivity contribution in [3.05, 3.63) is 23.4 Å². The molecule has 0 amide bonds. The number of hydrogen-bond acceptors (Lipinski definition) is 4. The Bertz CT molecular complexity index is 431. The van der Waals surface area contributed by atoms with Gasteiger partial charge in [-0.1, -0.05) is 0 Å². The van der Waals surface area contributed by atoms with E-state index in [1.165, 1.54) is 11.3 Å². The number of carbonyl (C=O) groups excluding carboxylic acids is 1. The van der Waals surface area contributed by atoms with Crippen molar-refractivity contribution >= 4 is 12.2 Å². The first kappa shape index (κ1) is 11.7. The number of fused-ring (bicyclic) bond motifs is 2. The zero-order chi connectivity index (χ0) is 12.5. The molecule has 18 heavy (non-hydrogen) atoms. The summed E-state index contributed by atoms with van der Waals surface area (Å²) < 4.78 is 5.09. The third kappa shape index (κ3) is 1.90. The van der Waals surface area contributed by atoms with Crippen molar-refractivity contribution < 1.29 is 9.53 Å². The van der Waals surface area contributed by atoms with Crippen LogP contribution in [-0.4, -0.2) is 42.8 Å². The predicted molar refractivity (Wildman–Crippen MR) is 69.4 cm³/mol. The first-order valence-corrected chi connectivity index (χ1v) is 6.66. The lowest BCUT2D eigenvalue weighted by Crippen LogP contribution is -2.47. The molecule has 2 aliphatic heterocycles. The molecule has 3 rings (SSSR count). The van der Waals surface area contributed by atoms with Crippen LogP contribution in [0, 0.1) is 5.92 Å². The molecule has 2 bridgehead atoms. The molecule has 1 unspecified atom stereocenters. The molecular formula is C14H18N2O2. The lowest BCUT2D eigenvalue weighted by Gasteiger charge is -2.42. The Labute approximate surface area is 107 Å². The van der Waals surface area contributed by atoms with E-state index in [4.69, 9.17) is 4.74 Å². The van der Waals surface area contributed by atoms with E-state index >= 15 is 0 Å². The SMILES string of the molecule is CCOC(=O)C1CCN(C2c3ccnc2c3)CC1. The van der Waals surface area contributed by atoms with Crippen LogP contribution in [0.2, 0.25) is 0 Å². The van der Waals surface area contributed by atoms with E-state index in [9.17, 15) is 4.79 Å². The number of allylic oxidation sites excluding steroid dienone is 1. The van der Waals surface area contributed by atoms with Gasteiger partial charge in [-0.25, -0.2) is 0 Å². The highest BCUT2D eigenvalue weighted by Crippen LogP contribution is 2.36. The maximum absolute atomic E-state index is 11.7. The van der Waals surface area contributed by atoms with E-state index in [-0.39, 0.29) is 11.9 Å². The van der Waals surface area contributed by atoms with E-state index in [0.717, 1.165) is 25.9 Å². The second-order valence-corrected chi connectivity index (χ2v) is 4.98. The van der Waals surface area contributed by atoms with E-state index in [1.807, 2.05) is 13.1 Å². The van der Waals surface area contributed by atoms with Crippen molar-refractivity contribution in [3.8, 4) is 0 Å². The maximum Gasteiger partial charge on any atom is 0.309 e. The first-order chi connectivity index (χ1) is 8.79. The number of aliphatic imine (C=N–C) groups is 1. The number of piperidine rings is 1. The molecule has 3 aliphatic rings. The molecule has 0 radical (unpaired) electrons. The Morgan fingerprint density at radius 2 is 2.28 bits per heavy atom. The molecule has 1 saturated heterocycles. The average Bonchev–Trinajstić information content (AvgIpc) is 2.40. The van der Waals surface area contributed by atoms with Gasteiger partial charge in [0, 0.05) is 6.21 Å². The third-order valence-electron chi connectivity index (χ3n) is 3.92. The van der Waals surface area contributed by atoms with Crippen LogP contribution in [0.15, 0.2) is 28.4 Å². The first-order valence-electron chi connectivity index (χ1n) is 6.66. The van der Waals surface area contributed by atoms with Gasteiger partial charge in [-0.15, -0.1) is 0 Å². The van der Waals surface area contributed by atoms with Crippen LogP contribution in [-0.2, 0) is 9.53 Å². The molecule has 0 aromatic carbocycles. The van der Waals surface area contributed by atoms with Crippen LogP contribution in [0.25, 0.3) is 0 Å². The summed E-state index contributed by atoms with van der Waals surface area (Å²) in [6, 6.07) is 0.387. The molecule has 1 aliphatic carbocycles. The van der Waals surface area contributed by atoms with Gasteiger partial charge in [0.1, 0.15) is 0 Å². The molecule has 4 nitrogen and oxygen atoms in total.